The van der Waals surface area contributed by atoms with Gasteiger partial charge in [-0.25, -0.2) is 4.99 Å². The standard InChI is InChI=1S/C22H30N4O2/c1-3-4-12-24-22(25-14-18-10-8-17(2)9-11-18)26-15-19-6-5-7-20(13-19)28-16-21(23)27/h5-11,13H,3-4,12,14-16H2,1-2H3,(H2,23,27)(H2,24,25,26). The number of guanidine groups is 1. The van der Waals surface area contributed by atoms with E-state index in [1.54, 1.807) is 6.07 Å². The summed E-state index contributed by atoms with van der Waals surface area (Å²) in [5.74, 6) is 0.892. The molecule has 0 atom stereocenters. The summed E-state index contributed by atoms with van der Waals surface area (Å²) in [6, 6.07) is 16.0. The van der Waals surface area contributed by atoms with Crippen LogP contribution in [0.1, 0.15) is 36.5 Å². The Morgan fingerprint density at radius 1 is 1.11 bits per heavy atom. The van der Waals surface area contributed by atoms with Gasteiger partial charge in [-0.2, -0.15) is 0 Å². The highest BCUT2D eigenvalue weighted by Gasteiger charge is 2.02. The normalized spacial score (nSPS) is 11.1. The summed E-state index contributed by atoms with van der Waals surface area (Å²) >= 11 is 0. The van der Waals surface area contributed by atoms with Crippen LogP contribution in [0.2, 0.25) is 0 Å². The van der Waals surface area contributed by atoms with Gasteiger partial charge in [0.2, 0.25) is 0 Å². The highest BCUT2D eigenvalue weighted by atomic mass is 16.5. The van der Waals surface area contributed by atoms with Crippen LogP contribution < -0.4 is 21.1 Å². The van der Waals surface area contributed by atoms with Crippen LogP contribution in [0.15, 0.2) is 53.5 Å². The molecule has 0 aliphatic rings. The first-order valence-corrected chi connectivity index (χ1v) is 9.64. The number of carbonyl (C=O) groups excluding carboxylic acids is 1. The number of nitrogens with zero attached hydrogens (tertiary/aromatic N) is 1. The summed E-state index contributed by atoms with van der Waals surface area (Å²) in [7, 11) is 0. The number of primary amides is 1. The van der Waals surface area contributed by atoms with Gasteiger partial charge in [0.1, 0.15) is 5.75 Å². The molecule has 2 rings (SSSR count). The van der Waals surface area contributed by atoms with Crippen molar-refractivity contribution >= 4 is 11.9 Å². The van der Waals surface area contributed by atoms with Crippen molar-refractivity contribution in [2.75, 3.05) is 13.2 Å². The van der Waals surface area contributed by atoms with Crippen molar-refractivity contribution in [3.63, 3.8) is 0 Å². The molecule has 2 aromatic carbocycles. The fourth-order valence-corrected chi connectivity index (χ4v) is 2.51. The molecule has 28 heavy (non-hydrogen) atoms. The number of carbonyl (C=O) groups is 1. The van der Waals surface area contributed by atoms with Gasteiger partial charge < -0.3 is 21.1 Å². The third-order valence-electron chi connectivity index (χ3n) is 4.10. The Balaban J connectivity index is 1.98. The summed E-state index contributed by atoms with van der Waals surface area (Å²) in [4.78, 5) is 15.5. The summed E-state index contributed by atoms with van der Waals surface area (Å²) in [6.45, 7) is 6.20. The average molecular weight is 383 g/mol. The quantitative estimate of drug-likeness (QED) is 0.335. The minimum Gasteiger partial charge on any atom is -0.484 e. The molecule has 0 spiro atoms. The predicted octanol–water partition coefficient (Wildman–Crippen LogP) is 2.89. The minimum atomic E-state index is -0.494. The maximum Gasteiger partial charge on any atom is 0.255 e. The number of hydrogen-bond acceptors (Lipinski definition) is 3. The number of ether oxygens (including phenoxy) is 1. The van der Waals surface area contributed by atoms with Gasteiger partial charge in [0.05, 0.1) is 6.54 Å². The van der Waals surface area contributed by atoms with Crippen LogP contribution in [0.4, 0.5) is 0 Å². The molecule has 0 radical (unpaired) electrons. The second kappa shape index (κ2) is 11.6. The lowest BCUT2D eigenvalue weighted by Gasteiger charge is -2.13. The maximum atomic E-state index is 10.9. The zero-order valence-electron chi connectivity index (χ0n) is 16.7. The van der Waals surface area contributed by atoms with Crippen LogP contribution in [0.5, 0.6) is 5.75 Å². The van der Waals surface area contributed by atoms with Crippen molar-refractivity contribution in [3.8, 4) is 5.75 Å². The van der Waals surface area contributed by atoms with Gasteiger partial charge in [0.15, 0.2) is 12.6 Å². The van der Waals surface area contributed by atoms with Gasteiger partial charge in [-0.3, -0.25) is 4.79 Å². The van der Waals surface area contributed by atoms with Gasteiger partial charge in [-0.15, -0.1) is 0 Å². The molecule has 0 heterocycles. The van der Waals surface area contributed by atoms with E-state index in [9.17, 15) is 4.79 Å². The summed E-state index contributed by atoms with van der Waals surface area (Å²) in [5, 5.41) is 6.76. The number of amides is 1. The monoisotopic (exact) mass is 382 g/mol. The van der Waals surface area contributed by atoms with Crippen LogP contribution in [-0.2, 0) is 17.9 Å². The number of hydrogen-bond donors (Lipinski definition) is 3. The van der Waals surface area contributed by atoms with E-state index in [2.05, 4.69) is 53.7 Å². The average Bonchev–Trinajstić information content (AvgIpc) is 2.69. The van der Waals surface area contributed by atoms with E-state index in [0.29, 0.717) is 18.8 Å². The van der Waals surface area contributed by atoms with E-state index < -0.39 is 5.91 Å². The second-order valence-electron chi connectivity index (χ2n) is 6.69. The number of rotatable bonds is 10. The highest BCUT2D eigenvalue weighted by Crippen LogP contribution is 2.14. The maximum absolute atomic E-state index is 10.9. The zero-order chi connectivity index (χ0) is 20.2. The Hall–Kier alpha value is -3.02. The molecule has 4 N–H and O–H groups in total. The van der Waals surface area contributed by atoms with Gasteiger partial charge in [0, 0.05) is 13.1 Å². The van der Waals surface area contributed by atoms with Crippen LogP contribution in [0, 0.1) is 6.92 Å². The van der Waals surface area contributed by atoms with Crippen molar-refractivity contribution in [1.29, 1.82) is 0 Å². The number of nitrogens with one attached hydrogen (secondary N) is 2. The SMILES string of the molecule is CCCCNC(=NCc1cccc(OCC(N)=O)c1)NCc1ccc(C)cc1. The van der Waals surface area contributed by atoms with Crippen LogP contribution in [0.3, 0.4) is 0 Å². The first kappa shape index (κ1) is 21.3. The molecule has 0 unspecified atom stereocenters. The van der Waals surface area contributed by atoms with E-state index in [1.165, 1.54) is 11.1 Å². The molecule has 150 valence electrons. The third-order valence-corrected chi connectivity index (χ3v) is 4.10. The van der Waals surface area contributed by atoms with Gasteiger partial charge in [-0.1, -0.05) is 55.3 Å². The van der Waals surface area contributed by atoms with Crippen molar-refractivity contribution in [2.24, 2.45) is 10.7 Å². The van der Waals surface area contributed by atoms with E-state index >= 15 is 0 Å². The molecule has 0 fully saturated rings. The van der Waals surface area contributed by atoms with Crippen molar-refractivity contribution in [2.45, 2.75) is 39.8 Å². The molecule has 0 aliphatic heterocycles. The second-order valence-corrected chi connectivity index (χ2v) is 6.69. The molecule has 0 saturated carbocycles. The fraction of sp³-hybridized carbons (Fsp3) is 0.364. The fourth-order valence-electron chi connectivity index (χ4n) is 2.51. The van der Waals surface area contributed by atoms with Crippen LogP contribution in [-0.4, -0.2) is 25.0 Å². The number of unbranched alkanes of at least 4 members (excludes halogenated alkanes) is 1. The predicted molar refractivity (Wildman–Crippen MR) is 113 cm³/mol. The zero-order valence-corrected chi connectivity index (χ0v) is 16.7. The highest BCUT2D eigenvalue weighted by molar-refractivity contribution is 5.79. The van der Waals surface area contributed by atoms with Crippen molar-refractivity contribution < 1.29 is 9.53 Å². The van der Waals surface area contributed by atoms with E-state index in [4.69, 9.17) is 10.5 Å². The summed E-state index contributed by atoms with van der Waals surface area (Å²) in [6.07, 6.45) is 2.21. The molecule has 0 saturated heterocycles. The molecule has 6 heteroatoms. The van der Waals surface area contributed by atoms with Gasteiger partial charge in [0.25, 0.3) is 5.91 Å². The Morgan fingerprint density at radius 2 is 1.89 bits per heavy atom. The van der Waals surface area contributed by atoms with Crippen LogP contribution in [0.25, 0.3) is 0 Å². The van der Waals surface area contributed by atoms with Crippen molar-refractivity contribution in [1.82, 2.24) is 10.6 Å². The third kappa shape index (κ3) is 8.12. The number of aryl methyl sites for hydroxylation is 1. The Kier molecular flexibility index (Phi) is 8.85. The van der Waals surface area contributed by atoms with Gasteiger partial charge >= 0.3 is 0 Å². The topological polar surface area (TPSA) is 88.7 Å². The van der Waals surface area contributed by atoms with Crippen molar-refractivity contribution in [3.05, 3.63) is 65.2 Å². The largest absolute Gasteiger partial charge is 0.484 e. The molecule has 0 bridgehead atoms. The van der Waals surface area contributed by atoms with E-state index in [0.717, 1.165) is 30.9 Å². The molecule has 2 aromatic rings. The molecule has 0 aliphatic carbocycles. The number of aliphatic imine (C=N–C) groups is 1. The first-order chi connectivity index (χ1) is 13.6. The van der Waals surface area contributed by atoms with Crippen LogP contribution >= 0.6 is 0 Å². The summed E-state index contributed by atoms with van der Waals surface area (Å²) in [5.41, 5.74) is 8.57. The lowest BCUT2D eigenvalue weighted by molar-refractivity contribution is -0.119. The number of nitrogens with two attached hydrogens (primary N) is 1. The van der Waals surface area contributed by atoms with Gasteiger partial charge in [-0.05, 0) is 36.6 Å². The first-order valence-electron chi connectivity index (χ1n) is 9.64. The molecule has 6 nitrogen and oxygen atoms in total. The Bertz CT molecular complexity index is 772. The number of benzene rings is 2. The smallest absolute Gasteiger partial charge is 0.255 e. The molecule has 1 amide bonds. The molecular formula is C22H30N4O2. The van der Waals surface area contributed by atoms with E-state index in [-0.39, 0.29) is 6.61 Å². The lowest BCUT2D eigenvalue weighted by Crippen LogP contribution is -2.37. The summed E-state index contributed by atoms with van der Waals surface area (Å²) < 4.78 is 5.36. The molecule has 0 aromatic heterocycles. The minimum absolute atomic E-state index is 0.130. The van der Waals surface area contributed by atoms with E-state index in [1.807, 2.05) is 18.2 Å². The lowest BCUT2D eigenvalue weighted by atomic mass is 10.1. The Morgan fingerprint density at radius 3 is 2.61 bits per heavy atom. The Labute approximate surface area is 167 Å². The molecular weight excluding hydrogens is 352 g/mol.